The highest BCUT2D eigenvalue weighted by molar-refractivity contribution is 9.10. The minimum Gasteiger partial charge on any atom is -0.495 e. The van der Waals surface area contributed by atoms with Crippen molar-refractivity contribution in [3.05, 3.63) is 52.5 Å². The number of anilines is 2. The lowest BCUT2D eigenvalue weighted by Crippen LogP contribution is -2.45. The van der Waals surface area contributed by atoms with E-state index in [4.69, 9.17) is 4.74 Å². The van der Waals surface area contributed by atoms with Crippen LogP contribution >= 0.6 is 15.9 Å². The van der Waals surface area contributed by atoms with Crippen LogP contribution in [0.15, 0.2) is 46.9 Å². The molecule has 1 N–H and O–H groups in total. The molecular weight excluding hydrogens is 420 g/mol. The van der Waals surface area contributed by atoms with Gasteiger partial charge in [-0.25, -0.2) is 8.42 Å². The lowest BCUT2D eigenvalue weighted by atomic mass is 10.2. The monoisotopic (exact) mass is 440 g/mol. The quantitative estimate of drug-likeness (QED) is 0.744. The van der Waals surface area contributed by atoms with Gasteiger partial charge in [0.1, 0.15) is 11.8 Å². The SMILES string of the molecule is COc1ccc(C)cc1N([C@@H](C)C(=O)Nc1cccc(Br)c1)S(C)(=O)=O. The van der Waals surface area contributed by atoms with E-state index in [9.17, 15) is 13.2 Å². The summed E-state index contributed by atoms with van der Waals surface area (Å²) in [7, 11) is -2.27. The van der Waals surface area contributed by atoms with Crippen molar-refractivity contribution in [3.8, 4) is 5.75 Å². The van der Waals surface area contributed by atoms with Crippen LogP contribution in [0, 0.1) is 6.92 Å². The van der Waals surface area contributed by atoms with E-state index in [1.807, 2.05) is 19.1 Å². The number of aryl methyl sites for hydroxylation is 1. The maximum absolute atomic E-state index is 12.7. The summed E-state index contributed by atoms with van der Waals surface area (Å²) in [5, 5.41) is 2.74. The van der Waals surface area contributed by atoms with Crippen molar-refractivity contribution >= 4 is 43.2 Å². The minimum absolute atomic E-state index is 0.326. The third-order valence-corrected chi connectivity index (χ3v) is 5.47. The van der Waals surface area contributed by atoms with Gasteiger partial charge in [0.05, 0.1) is 19.1 Å². The Bertz CT molecular complexity index is 915. The van der Waals surface area contributed by atoms with Crippen molar-refractivity contribution in [2.75, 3.05) is 23.0 Å². The van der Waals surface area contributed by atoms with Gasteiger partial charge in [-0.2, -0.15) is 0 Å². The molecule has 0 aromatic heterocycles. The number of rotatable bonds is 6. The molecule has 1 amide bonds. The van der Waals surface area contributed by atoms with Gasteiger partial charge in [-0.05, 0) is 49.7 Å². The molecule has 6 nitrogen and oxygen atoms in total. The van der Waals surface area contributed by atoms with Crippen LogP contribution in [0.1, 0.15) is 12.5 Å². The first-order valence-electron chi connectivity index (χ1n) is 7.84. The number of carbonyl (C=O) groups excluding carboxylic acids is 1. The zero-order valence-electron chi connectivity index (χ0n) is 15.0. The zero-order valence-corrected chi connectivity index (χ0v) is 17.4. The molecule has 140 valence electrons. The standard InChI is InChI=1S/C18H21BrN2O4S/c1-12-8-9-17(25-3)16(10-12)21(26(4,23)24)13(2)18(22)20-15-7-5-6-14(19)11-15/h5-11,13H,1-4H3,(H,20,22)/t13-/m0/s1. The molecule has 1 atom stereocenters. The fourth-order valence-electron chi connectivity index (χ4n) is 2.57. The number of benzene rings is 2. The van der Waals surface area contributed by atoms with E-state index < -0.39 is 22.0 Å². The summed E-state index contributed by atoms with van der Waals surface area (Å²) in [5.74, 6) is -0.0692. The molecule has 2 rings (SSSR count). The van der Waals surface area contributed by atoms with Crippen LogP contribution in [0.4, 0.5) is 11.4 Å². The first-order valence-corrected chi connectivity index (χ1v) is 10.5. The second-order valence-corrected chi connectivity index (χ2v) is 8.68. The van der Waals surface area contributed by atoms with Crippen molar-refractivity contribution in [1.29, 1.82) is 0 Å². The molecule has 0 saturated heterocycles. The smallest absolute Gasteiger partial charge is 0.247 e. The predicted octanol–water partition coefficient (Wildman–Crippen LogP) is 3.56. The highest BCUT2D eigenvalue weighted by Gasteiger charge is 2.31. The molecule has 2 aromatic rings. The summed E-state index contributed by atoms with van der Waals surface area (Å²) in [4.78, 5) is 12.7. The fraction of sp³-hybridized carbons (Fsp3) is 0.278. The molecule has 0 radical (unpaired) electrons. The van der Waals surface area contributed by atoms with Gasteiger partial charge in [0.25, 0.3) is 0 Å². The Morgan fingerprint density at radius 1 is 1.23 bits per heavy atom. The second-order valence-electron chi connectivity index (χ2n) is 5.91. The highest BCUT2D eigenvalue weighted by atomic mass is 79.9. The molecule has 0 aliphatic heterocycles. The number of nitrogens with zero attached hydrogens (tertiary/aromatic N) is 1. The van der Waals surface area contributed by atoms with Crippen molar-refractivity contribution < 1.29 is 17.9 Å². The number of carbonyl (C=O) groups is 1. The number of amides is 1. The van der Waals surface area contributed by atoms with Crippen molar-refractivity contribution in [2.24, 2.45) is 0 Å². The molecule has 0 saturated carbocycles. The average Bonchev–Trinajstić information content (AvgIpc) is 2.54. The Hall–Kier alpha value is -2.06. The number of halogens is 1. The summed E-state index contributed by atoms with van der Waals surface area (Å²) in [6, 6.07) is 11.3. The molecule has 0 aliphatic carbocycles. The summed E-state index contributed by atoms with van der Waals surface area (Å²) >= 11 is 3.34. The molecule has 0 bridgehead atoms. The Labute approximate surface area is 162 Å². The van der Waals surface area contributed by atoms with Gasteiger partial charge in [0.2, 0.25) is 15.9 Å². The third kappa shape index (κ3) is 4.76. The zero-order chi connectivity index (χ0) is 19.5. The number of ether oxygens (including phenoxy) is 1. The van der Waals surface area contributed by atoms with Crippen molar-refractivity contribution in [3.63, 3.8) is 0 Å². The molecule has 26 heavy (non-hydrogen) atoms. The van der Waals surface area contributed by atoms with Gasteiger partial charge >= 0.3 is 0 Å². The van der Waals surface area contributed by atoms with E-state index >= 15 is 0 Å². The molecule has 0 aliphatic rings. The third-order valence-electron chi connectivity index (χ3n) is 3.75. The van der Waals surface area contributed by atoms with Crippen LogP contribution in [0.25, 0.3) is 0 Å². The van der Waals surface area contributed by atoms with Gasteiger partial charge < -0.3 is 10.1 Å². The number of methoxy groups -OCH3 is 1. The normalized spacial score (nSPS) is 12.3. The van der Waals surface area contributed by atoms with Crippen molar-refractivity contribution in [2.45, 2.75) is 19.9 Å². The molecule has 0 heterocycles. The Kier molecular flexibility index (Phi) is 6.30. The van der Waals surface area contributed by atoms with Crippen LogP contribution < -0.4 is 14.4 Å². The topological polar surface area (TPSA) is 75.7 Å². The molecular formula is C18H21BrN2O4S. The van der Waals surface area contributed by atoms with E-state index in [-0.39, 0.29) is 0 Å². The first-order chi connectivity index (χ1) is 12.1. The van der Waals surface area contributed by atoms with Gasteiger partial charge in [-0.3, -0.25) is 9.10 Å². The second kappa shape index (κ2) is 8.09. The summed E-state index contributed by atoms with van der Waals surface area (Å²) in [6.45, 7) is 3.38. The van der Waals surface area contributed by atoms with E-state index in [0.717, 1.165) is 20.6 Å². The summed E-state index contributed by atoms with van der Waals surface area (Å²) in [6.07, 6.45) is 1.07. The maximum Gasteiger partial charge on any atom is 0.247 e. The van der Waals surface area contributed by atoms with Crippen LogP contribution in [0.2, 0.25) is 0 Å². The van der Waals surface area contributed by atoms with E-state index in [1.54, 1.807) is 30.3 Å². The molecule has 0 fully saturated rings. The number of sulfonamides is 1. The van der Waals surface area contributed by atoms with Gasteiger partial charge in [0, 0.05) is 10.2 Å². The van der Waals surface area contributed by atoms with Gasteiger partial charge in [0.15, 0.2) is 0 Å². The molecule has 2 aromatic carbocycles. The lowest BCUT2D eigenvalue weighted by molar-refractivity contribution is -0.116. The van der Waals surface area contributed by atoms with E-state index in [2.05, 4.69) is 21.2 Å². The van der Waals surface area contributed by atoms with Crippen molar-refractivity contribution in [1.82, 2.24) is 0 Å². The maximum atomic E-state index is 12.7. The number of nitrogens with one attached hydrogen (secondary N) is 1. The molecule has 8 heteroatoms. The fourth-order valence-corrected chi connectivity index (χ4v) is 4.14. The van der Waals surface area contributed by atoms with Crippen LogP contribution in [0.5, 0.6) is 5.75 Å². The average molecular weight is 441 g/mol. The predicted molar refractivity (Wildman–Crippen MR) is 107 cm³/mol. The van der Waals surface area contributed by atoms with E-state index in [0.29, 0.717) is 17.1 Å². The largest absolute Gasteiger partial charge is 0.495 e. The summed E-state index contributed by atoms with van der Waals surface area (Å²) in [5.41, 5.74) is 1.75. The lowest BCUT2D eigenvalue weighted by Gasteiger charge is -2.29. The van der Waals surface area contributed by atoms with Crippen LogP contribution in [-0.2, 0) is 14.8 Å². The summed E-state index contributed by atoms with van der Waals surface area (Å²) < 4.78 is 32.1. The molecule has 0 spiro atoms. The van der Waals surface area contributed by atoms with Gasteiger partial charge in [-0.1, -0.05) is 28.1 Å². The van der Waals surface area contributed by atoms with Gasteiger partial charge in [-0.15, -0.1) is 0 Å². The Balaban J connectivity index is 2.41. The number of hydrogen-bond donors (Lipinski definition) is 1. The molecule has 0 unspecified atom stereocenters. The Morgan fingerprint density at radius 3 is 2.50 bits per heavy atom. The van der Waals surface area contributed by atoms with Crippen LogP contribution in [0.3, 0.4) is 0 Å². The van der Waals surface area contributed by atoms with E-state index in [1.165, 1.54) is 14.0 Å². The minimum atomic E-state index is -3.73. The first kappa shape index (κ1) is 20.3. The number of hydrogen-bond acceptors (Lipinski definition) is 4. The Morgan fingerprint density at radius 2 is 1.92 bits per heavy atom. The van der Waals surface area contributed by atoms with Crippen LogP contribution in [-0.4, -0.2) is 33.7 Å². The highest BCUT2D eigenvalue weighted by Crippen LogP contribution is 2.33.